The van der Waals surface area contributed by atoms with Crippen molar-refractivity contribution < 1.29 is 29.3 Å². The molecule has 7 heteroatoms. The van der Waals surface area contributed by atoms with Crippen LogP contribution in [0.3, 0.4) is 0 Å². The highest BCUT2D eigenvalue weighted by Crippen LogP contribution is 2.40. The fraction of sp³-hybridized carbons (Fsp3) is 0.320. The van der Waals surface area contributed by atoms with E-state index in [0.29, 0.717) is 5.57 Å². The number of amides is 1. The van der Waals surface area contributed by atoms with Crippen LogP contribution in [0.5, 0.6) is 0 Å². The SMILES string of the molecule is C=C(c1ccc(CC)cc1)[C@H]1CN(C(=O)OCc2ccccc2)[C@H](C(=O)O)[C@H]1CC(=O)O. The van der Waals surface area contributed by atoms with Crippen molar-refractivity contribution in [2.75, 3.05) is 6.54 Å². The van der Waals surface area contributed by atoms with Crippen molar-refractivity contribution in [3.8, 4) is 0 Å². The maximum atomic E-state index is 12.8. The van der Waals surface area contributed by atoms with E-state index in [9.17, 15) is 24.6 Å². The molecule has 1 fully saturated rings. The number of likely N-dealkylation sites (tertiary alicyclic amines) is 1. The van der Waals surface area contributed by atoms with Crippen LogP contribution in [-0.2, 0) is 27.4 Å². The molecule has 1 heterocycles. The number of carbonyl (C=O) groups is 3. The number of aryl methyl sites for hydroxylation is 1. The molecule has 0 aliphatic carbocycles. The molecule has 2 aromatic rings. The number of rotatable bonds is 8. The second-order valence-corrected chi connectivity index (χ2v) is 7.92. The van der Waals surface area contributed by atoms with Crippen LogP contribution in [0.25, 0.3) is 5.57 Å². The van der Waals surface area contributed by atoms with Gasteiger partial charge in [-0.05, 0) is 28.7 Å². The van der Waals surface area contributed by atoms with Crippen LogP contribution in [0, 0.1) is 11.8 Å². The van der Waals surface area contributed by atoms with Gasteiger partial charge in [-0.25, -0.2) is 9.59 Å². The standard InChI is InChI=1S/C25H27NO6/c1-3-17-9-11-19(12-10-17)16(2)21-14-26(23(24(29)30)20(21)13-22(27)28)25(31)32-15-18-7-5-4-6-8-18/h4-12,20-21,23H,2-3,13-15H2,1H3,(H,27,28)(H,29,30)/t20-,21+,23-/m0/s1. The molecule has 0 aromatic heterocycles. The van der Waals surface area contributed by atoms with E-state index in [2.05, 4.69) is 6.58 Å². The third-order valence-electron chi connectivity index (χ3n) is 5.94. The van der Waals surface area contributed by atoms with Crippen LogP contribution in [0.4, 0.5) is 4.79 Å². The van der Waals surface area contributed by atoms with Crippen molar-refractivity contribution >= 4 is 23.6 Å². The second kappa shape index (κ2) is 10.1. The Hall–Kier alpha value is -3.61. The molecule has 1 amide bonds. The number of carboxylic acids is 2. The van der Waals surface area contributed by atoms with Crippen molar-refractivity contribution in [3.63, 3.8) is 0 Å². The molecular formula is C25H27NO6. The minimum absolute atomic E-state index is 0.00377. The van der Waals surface area contributed by atoms with Crippen molar-refractivity contribution in [3.05, 3.63) is 77.9 Å². The number of hydrogen-bond donors (Lipinski definition) is 2. The lowest BCUT2D eigenvalue weighted by Crippen LogP contribution is -2.44. The first kappa shape index (κ1) is 23.1. The Bertz CT molecular complexity index is 985. The van der Waals surface area contributed by atoms with Gasteiger partial charge >= 0.3 is 18.0 Å². The zero-order valence-electron chi connectivity index (χ0n) is 17.9. The predicted molar refractivity (Wildman–Crippen MR) is 119 cm³/mol. The third kappa shape index (κ3) is 5.17. The van der Waals surface area contributed by atoms with E-state index in [0.717, 1.165) is 28.0 Å². The fourth-order valence-corrected chi connectivity index (χ4v) is 4.21. The molecule has 1 saturated heterocycles. The summed E-state index contributed by atoms with van der Waals surface area (Å²) in [6, 6.07) is 15.4. The molecule has 1 aliphatic heterocycles. The Morgan fingerprint density at radius 2 is 1.69 bits per heavy atom. The number of ether oxygens (including phenoxy) is 1. The van der Waals surface area contributed by atoms with Crippen molar-refractivity contribution in [2.45, 2.75) is 32.4 Å². The normalized spacial score (nSPS) is 20.0. The van der Waals surface area contributed by atoms with Crippen LogP contribution in [0.15, 0.2) is 61.2 Å². The molecule has 0 radical (unpaired) electrons. The summed E-state index contributed by atoms with van der Waals surface area (Å²) in [7, 11) is 0. The lowest BCUT2D eigenvalue weighted by molar-refractivity contribution is -0.144. The van der Waals surface area contributed by atoms with Gasteiger partial charge < -0.3 is 14.9 Å². The number of aliphatic carboxylic acids is 2. The molecule has 3 atom stereocenters. The summed E-state index contributed by atoms with van der Waals surface area (Å²) in [5.74, 6) is -3.74. The van der Waals surface area contributed by atoms with E-state index in [1.165, 1.54) is 0 Å². The maximum absolute atomic E-state index is 12.8. The Balaban J connectivity index is 1.85. The quantitative estimate of drug-likeness (QED) is 0.645. The van der Waals surface area contributed by atoms with Gasteiger partial charge in [-0.15, -0.1) is 0 Å². The largest absolute Gasteiger partial charge is 0.481 e. The Morgan fingerprint density at radius 3 is 2.25 bits per heavy atom. The van der Waals surface area contributed by atoms with Gasteiger partial charge in [0.05, 0.1) is 6.42 Å². The highest BCUT2D eigenvalue weighted by atomic mass is 16.6. The lowest BCUT2D eigenvalue weighted by atomic mass is 9.80. The van der Waals surface area contributed by atoms with Gasteiger partial charge in [0.1, 0.15) is 12.6 Å². The monoisotopic (exact) mass is 437 g/mol. The van der Waals surface area contributed by atoms with E-state index in [1.807, 2.05) is 49.4 Å². The molecule has 168 valence electrons. The molecular weight excluding hydrogens is 410 g/mol. The smallest absolute Gasteiger partial charge is 0.410 e. The molecule has 1 aliphatic rings. The first-order chi connectivity index (χ1) is 15.3. The highest BCUT2D eigenvalue weighted by Gasteiger charge is 2.50. The molecule has 0 saturated carbocycles. The van der Waals surface area contributed by atoms with Crippen LogP contribution >= 0.6 is 0 Å². The number of hydrogen-bond acceptors (Lipinski definition) is 4. The summed E-state index contributed by atoms with van der Waals surface area (Å²) < 4.78 is 5.36. The number of carboxylic acid groups (broad SMARTS) is 2. The fourth-order valence-electron chi connectivity index (χ4n) is 4.21. The third-order valence-corrected chi connectivity index (χ3v) is 5.94. The summed E-state index contributed by atoms with van der Waals surface area (Å²) in [6.45, 7) is 6.20. The van der Waals surface area contributed by atoms with E-state index >= 15 is 0 Å². The molecule has 0 spiro atoms. The summed E-state index contributed by atoms with van der Waals surface area (Å²) >= 11 is 0. The lowest BCUT2D eigenvalue weighted by Gasteiger charge is -2.24. The first-order valence-electron chi connectivity index (χ1n) is 10.5. The molecule has 2 aromatic carbocycles. The van der Waals surface area contributed by atoms with Gasteiger partial charge in [0, 0.05) is 18.4 Å². The molecule has 3 rings (SSSR count). The van der Waals surface area contributed by atoms with Gasteiger partial charge in [-0.1, -0.05) is 68.1 Å². The van der Waals surface area contributed by atoms with Crippen LogP contribution < -0.4 is 0 Å². The zero-order chi connectivity index (χ0) is 23.3. The van der Waals surface area contributed by atoms with E-state index in [-0.39, 0.29) is 13.2 Å². The Kier molecular flexibility index (Phi) is 7.30. The van der Waals surface area contributed by atoms with E-state index in [4.69, 9.17) is 4.74 Å². The van der Waals surface area contributed by atoms with Gasteiger partial charge in [0.2, 0.25) is 0 Å². The minimum Gasteiger partial charge on any atom is -0.481 e. The van der Waals surface area contributed by atoms with Gasteiger partial charge in [0.15, 0.2) is 0 Å². The maximum Gasteiger partial charge on any atom is 0.410 e. The highest BCUT2D eigenvalue weighted by molar-refractivity contribution is 5.84. The molecule has 0 unspecified atom stereocenters. The van der Waals surface area contributed by atoms with Crippen LogP contribution in [-0.4, -0.2) is 45.7 Å². The summed E-state index contributed by atoms with van der Waals surface area (Å²) in [5, 5.41) is 19.3. The van der Waals surface area contributed by atoms with Crippen molar-refractivity contribution in [1.82, 2.24) is 4.90 Å². The molecule has 2 N–H and O–H groups in total. The second-order valence-electron chi connectivity index (χ2n) is 7.92. The minimum atomic E-state index is -1.31. The van der Waals surface area contributed by atoms with E-state index < -0.39 is 42.3 Å². The molecule has 7 nitrogen and oxygen atoms in total. The molecule has 32 heavy (non-hydrogen) atoms. The number of benzene rings is 2. The summed E-state index contributed by atoms with van der Waals surface area (Å²) in [4.78, 5) is 37.6. The van der Waals surface area contributed by atoms with Crippen molar-refractivity contribution in [1.29, 1.82) is 0 Å². The predicted octanol–water partition coefficient (Wildman–Crippen LogP) is 4.07. The first-order valence-corrected chi connectivity index (χ1v) is 10.5. The van der Waals surface area contributed by atoms with Crippen molar-refractivity contribution in [2.24, 2.45) is 11.8 Å². The topological polar surface area (TPSA) is 104 Å². The number of carbonyl (C=O) groups excluding carboxylic acids is 1. The van der Waals surface area contributed by atoms with Gasteiger partial charge in [-0.2, -0.15) is 0 Å². The van der Waals surface area contributed by atoms with E-state index in [1.54, 1.807) is 12.1 Å². The summed E-state index contributed by atoms with van der Waals surface area (Å²) in [5.41, 5.74) is 3.32. The average Bonchev–Trinajstić information content (AvgIpc) is 3.16. The van der Waals surface area contributed by atoms with Crippen LogP contribution in [0.2, 0.25) is 0 Å². The van der Waals surface area contributed by atoms with Gasteiger partial charge in [0.25, 0.3) is 0 Å². The van der Waals surface area contributed by atoms with Crippen LogP contribution in [0.1, 0.15) is 30.0 Å². The Morgan fingerprint density at radius 1 is 1.03 bits per heavy atom. The Labute approximate surface area is 186 Å². The average molecular weight is 437 g/mol. The van der Waals surface area contributed by atoms with Gasteiger partial charge in [-0.3, -0.25) is 9.69 Å². The zero-order valence-corrected chi connectivity index (χ0v) is 17.9. The number of nitrogens with zero attached hydrogens (tertiary/aromatic N) is 1. The molecule has 0 bridgehead atoms. The summed E-state index contributed by atoms with van der Waals surface area (Å²) in [6.07, 6.45) is -0.302.